The Labute approximate surface area is 196 Å². The fourth-order valence-electron chi connectivity index (χ4n) is 3.58. The van der Waals surface area contributed by atoms with E-state index in [0.29, 0.717) is 12.1 Å². The highest BCUT2D eigenvalue weighted by molar-refractivity contribution is 7.22. The minimum Gasteiger partial charge on any atom is -0.372 e. The molecule has 7 heteroatoms. The van der Waals surface area contributed by atoms with E-state index in [2.05, 4.69) is 56.8 Å². The number of hydrogen-bond donors (Lipinski definition) is 0. The molecule has 1 aromatic heterocycles. The van der Waals surface area contributed by atoms with Crippen LogP contribution < -0.4 is 9.80 Å². The summed E-state index contributed by atoms with van der Waals surface area (Å²) in [5.41, 5.74) is 3.97. The molecule has 1 amide bonds. The number of thiazole rings is 1. The molecule has 0 unspecified atom stereocenters. The third kappa shape index (κ3) is 5.97. The number of para-hydroxylation sites is 1. The Hall–Kier alpha value is -2.15. The molecule has 168 valence electrons. The highest BCUT2D eigenvalue weighted by atomic mass is 35.5. The highest BCUT2D eigenvalue weighted by Crippen LogP contribution is 2.31. The zero-order chi connectivity index (χ0) is 21.7. The number of halogens is 1. The maximum Gasteiger partial charge on any atom is 0.260 e. The maximum atomic E-state index is 13.5. The van der Waals surface area contributed by atoms with Crippen molar-refractivity contribution < 1.29 is 4.79 Å². The molecule has 2 aromatic carbocycles. The van der Waals surface area contributed by atoms with E-state index < -0.39 is 0 Å². The monoisotopic (exact) mass is 460 g/mol. The summed E-state index contributed by atoms with van der Waals surface area (Å²) in [5.74, 6) is 0.0107. The Morgan fingerprint density at radius 2 is 1.68 bits per heavy atom. The molecule has 0 saturated heterocycles. The second-order valence-corrected chi connectivity index (χ2v) is 8.76. The first-order valence-corrected chi connectivity index (χ1v) is 11.4. The van der Waals surface area contributed by atoms with E-state index in [0.717, 1.165) is 52.7 Å². The van der Waals surface area contributed by atoms with Gasteiger partial charge in [0.1, 0.15) is 0 Å². The zero-order valence-electron chi connectivity index (χ0n) is 19.1. The highest BCUT2D eigenvalue weighted by Gasteiger charge is 2.21. The Bertz CT molecular complexity index is 983. The van der Waals surface area contributed by atoms with Gasteiger partial charge in [0.05, 0.1) is 10.2 Å². The summed E-state index contributed by atoms with van der Waals surface area (Å²) in [4.78, 5) is 24.6. The third-order valence-corrected chi connectivity index (χ3v) is 6.36. The van der Waals surface area contributed by atoms with Crippen molar-refractivity contribution in [3.63, 3.8) is 0 Å². The van der Waals surface area contributed by atoms with Crippen LogP contribution in [-0.2, 0) is 0 Å². The lowest BCUT2D eigenvalue weighted by molar-refractivity contribution is 0.0986. The van der Waals surface area contributed by atoms with Crippen LogP contribution in [0.25, 0.3) is 10.2 Å². The average molecular weight is 461 g/mol. The van der Waals surface area contributed by atoms with E-state index in [9.17, 15) is 4.79 Å². The predicted octanol–water partition coefficient (Wildman–Crippen LogP) is 5.47. The van der Waals surface area contributed by atoms with Gasteiger partial charge in [0.15, 0.2) is 5.13 Å². The minimum atomic E-state index is 0. The van der Waals surface area contributed by atoms with E-state index in [-0.39, 0.29) is 18.3 Å². The van der Waals surface area contributed by atoms with Gasteiger partial charge in [0.25, 0.3) is 5.91 Å². The molecule has 1 heterocycles. The van der Waals surface area contributed by atoms with Gasteiger partial charge in [-0.1, -0.05) is 23.5 Å². The summed E-state index contributed by atoms with van der Waals surface area (Å²) in [5, 5.41) is 0.774. The van der Waals surface area contributed by atoms with E-state index >= 15 is 0 Å². The third-order valence-electron chi connectivity index (χ3n) is 5.32. The summed E-state index contributed by atoms with van der Waals surface area (Å²) < 4.78 is 1.12. The van der Waals surface area contributed by atoms with E-state index in [4.69, 9.17) is 4.98 Å². The number of benzene rings is 2. The van der Waals surface area contributed by atoms with Crippen molar-refractivity contribution in [2.24, 2.45) is 0 Å². The van der Waals surface area contributed by atoms with Crippen molar-refractivity contribution in [1.82, 2.24) is 9.88 Å². The molecule has 31 heavy (non-hydrogen) atoms. The van der Waals surface area contributed by atoms with Gasteiger partial charge in [-0.25, -0.2) is 4.98 Å². The number of nitrogens with zero attached hydrogens (tertiary/aromatic N) is 4. The molecule has 0 atom stereocenters. The molecule has 0 aliphatic rings. The normalized spacial score (nSPS) is 10.9. The molecule has 0 aliphatic carbocycles. The number of fused-ring (bicyclic) bond motifs is 1. The van der Waals surface area contributed by atoms with Crippen LogP contribution in [0.15, 0.2) is 42.5 Å². The Morgan fingerprint density at radius 1 is 1.00 bits per heavy atom. The quantitative estimate of drug-likeness (QED) is 0.424. The average Bonchev–Trinajstić information content (AvgIpc) is 3.17. The van der Waals surface area contributed by atoms with Crippen LogP contribution in [0, 0.1) is 6.92 Å². The van der Waals surface area contributed by atoms with Crippen LogP contribution in [0.4, 0.5) is 10.8 Å². The molecule has 5 nitrogen and oxygen atoms in total. The van der Waals surface area contributed by atoms with Crippen LogP contribution >= 0.6 is 23.7 Å². The van der Waals surface area contributed by atoms with Gasteiger partial charge in [-0.15, -0.1) is 12.4 Å². The maximum absolute atomic E-state index is 13.5. The zero-order valence-corrected chi connectivity index (χ0v) is 20.7. The topological polar surface area (TPSA) is 39.7 Å². The van der Waals surface area contributed by atoms with Crippen molar-refractivity contribution in [2.45, 2.75) is 27.2 Å². The van der Waals surface area contributed by atoms with E-state index in [1.807, 2.05) is 35.2 Å². The lowest BCUT2D eigenvalue weighted by Crippen LogP contribution is -2.33. The first-order chi connectivity index (χ1) is 14.4. The predicted molar refractivity (Wildman–Crippen MR) is 136 cm³/mol. The molecular formula is C24H33ClN4OS. The second-order valence-electron chi connectivity index (χ2n) is 7.75. The number of aryl methyl sites for hydroxylation is 1. The Balaban J connectivity index is 0.00000341. The number of rotatable bonds is 9. The molecule has 0 bridgehead atoms. The minimum absolute atomic E-state index is 0. The van der Waals surface area contributed by atoms with Crippen LogP contribution in [-0.4, -0.2) is 56.1 Å². The number of carbonyl (C=O) groups is 1. The molecule has 0 fully saturated rings. The standard InChI is InChI=1S/C24H32N4OS.ClH/c1-6-27(7-2)20-14-12-19(13-15-20)23(29)28(17-9-16-26(4)5)24-25-22-18(3)10-8-11-21(22)30-24;/h8,10-15H,6-7,9,16-17H2,1-5H3;1H. The van der Waals surface area contributed by atoms with Gasteiger partial charge >= 0.3 is 0 Å². The van der Waals surface area contributed by atoms with E-state index in [1.54, 1.807) is 11.3 Å². The number of amides is 1. The fourth-order valence-corrected chi connectivity index (χ4v) is 4.65. The fraction of sp³-hybridized carbons (Fsp3) is 0.417. The molecule has 0 radical (unpaired) electrons. The van der Waals surface area contributed by atoms with Crippen LogP contribution in [0.5, 0.6) is 0 Å². The number of aromatic nitrogens is 1. The molecular weight excluding hydrogens is 428 g/mol. The van der Waals surface area contributed by atoms with Gasteiger partial charge < -0.3 is 9.80 Å². The molecule has 0 N–H and O–H groups in total. The SMILES string of the molecule is CCN(CC)c1ccc(C(=O)N(CCCN(C)C)c2nc3c(C)cccc3s2)cc1.Cl. The lowest BCUT2D eigenvalue weighted by atomic mass is 10.1. The number of anilines is 2. The molecule has 0 spiro atoms. The second kappa shape index (κ2) is 11.5. The summed E-state index contributed by atoms with van der Waals surface area (Å²) >= 11 is 1.59. The van der Waals surface area contributed by atoms with Gasteiger partial charge in [-0.3, -0.25) is 9.69 Å². The van der Waals surface area contributed by atoms with Crippen molar-refractivity contribution >= 4 is 50.7 Å². The summed E-state index contributed by atoms with van der Waals surface area (Å²) in [7, 11) is 4.11. The van der Waals surface area contributed by atoms with Gasteiger partial charge in [-0.2, -0.15) is 0 Å². The summed E-state index contributed by atoms with van der Waals surface area (Å²) in [6.45, 7) is 9.82. The summed E-state index contributed by atoms with van der Waals surface area (Å²) in [6.07, 6.45) is 0.894. The number of hydrogen-bond acceptors (Lipinski definition) is 5. The first-order valence-electron chi connectivity index (χ1n) is 10.6. The van der Waals surface area contributed by atoms with Gasteiger partial charge in [0, 0.05) is 30.9 Å². The van der Waals surface area contributed by atoms with Crippen LogP contribution in [0.3, 0.4) is 0 Å². The Morgan fingerprint density at radius 3 is 2.26 bits per heavy atom. The van der Waals surface area contributed by atoms with E-state index in [1.165, 1.54) is 0 Å². The van der Waals surface area contributed by atoms with Gasteiger partial charge in [-0.05, 0) is 83.7 Å². The number of carbonyl (C=O) groups excluding carboxylic acids is 1. The molecule has 3 aromatic rings. The van der Waals surface area contributed by atoms with Crippen molar-refractivity contribution in [3.05, 3.63) is 53.6 Å². The molecule has 0 saturated carbocycles. The largest absolute Gasteiger partial charge is 0.372 e. The van der Waals surface area contributed by atoms with Gasteiger partial charge in [0.2, 0.25) is 0 Å². The van der Waals surface area contributed by atoms with Crippen molar-refractivity contribution in [3.8, 4) is 0 Å². The molecule has 0 aliphatic heterocycles. The van der Waals surface area contributed by atoms with Crippen LogP contribution in [0.1, 0.15) is 36.2 Å². The first kappa shape index (κ1) is 25.1. The van der Waals surface area contributed by atoms with Crippen molar-refractivity contribution in [2.75, 3.05) is 50.1 Å². The molecule has 3 rings (SSSR count). The smallest absolute Gasteiger partial charge is 0.260 e. The van der Waals surface area contributed by atoms with Crippen molar-refractivity contribution in [1.29, 1.82) is 0 Å². The van der Waals surface area contributed by atoms with Crippen LogP contribution in [0.2, 0.25) is 0 Å². The summed E-state index contributed by atoms with van der Waals surface area (Å²) in [6, 6.07) is 14.1. The Kier molecular flexibility index (Phi) is 9.29. The lowest BCUT2D eigenvalue weighted by Gasteiger charge is -2.23.